The smallest absolute Gasteiger partial charge is 0.241 e. The molecular weight excluding hydrogens is 300 g/mol. The van der Waals surface area contributed by atoms with Gasteiger partial charge in [-0.15, -0.1) is 0 Å². The van der Waals surface area contributed by atoms with Crippen molar-refractivity contribution in [3.8, 4) is 0 Å². The lowest BCUT2D eigenvalue weighted by Crippen LogP contribution is -2.25. The minimum absolute atomic E-state index is 0.0671. The van der Waals surface area contributed by atoms with Crippen LogP contribution in [0.25, 0.3) is 0 Å². The van der Waals surface area contributed by atoms with Gasteiger partial charge in [-0.3, -0.25) is 0 Å². The minimum Gasteiger partial charge on any atom is -0.392 e. The molecule has 112 valence electrons. The van der Waals surface area contributed by atoms with Crippen LogP contribution in [0.4, 0.5) is 8.78 Å². The molecule has 0 amide bonds. The number of aliphatic hydroxyl groups is 1. The van der Waals surface area contributed by atoms with Crippen molar-refractivity contribution in [2.24, 2.45) is 0 Å². The third kappa shape index (κ3) is 3.63. The normalized spacial score (nSPS) is 11.6. The largest absolute Gasteiger partial charge is 0.392 e. The van der Waals surface area contributed by atoms with Gasteiger partial charge in [0.2, 0.25) is 10.0 Å². The lowest BCUT2D eigenvalue weighted by Gasteiger charge is -2.11. The highest BCUT2D eigenvalue weighted by Gasteiger charge is 2.19. The van der Waals surface area contributed by atoms with Gasteiger partial charge in [0.25, 0.3) is 0 Å². The zero-order chi connectivity index (χ0) is 15.5. The van der Waals surface area contributed by atoms with Crippen molar-refractivity contribution in [2.75, 3.05) is 0 Å². The third-order valence-electron chi connectivity index (χ3n) is 2.90. The Kier molecular flexibility index (Phi) is 4.66. The van der Waals surface area contributed by atoms with E-state index in [1.807, 2.05) is 0 Å². The molecule has 0 atom stereocenters. The molecule has 0 aliphatic rings. The number of halogens is 2. The first-order valence-corrected chi connectivity index (χ1v) is 7.54. The van der Waals surface area contributed by atoms with E-state index in [0.717, 1.165) is 12.1 Å². The lowest BCUT2D eigenvalue weighted by molar-refractivity contribution is 0.278. The summed E-state index contributed by atoms with van der Waals surface area (Å²) >= 11 is 0. The van der Waals surface area contributed by atoms with E-state index in [1.54, 1.807) is 6.07 Å². The lowest BCUT2D eigenvalue weighted by atomic mass is 10.2. The predicted molar refractivity (Wildman–Crippen MR) is 72.7 cm³/mol. The highest BCUT2D eigenvalue weighted by molar-refractivity contribution is 7.89. The number of hydrogen-bond donors (Lipinski definition) is 2. The maximum absolute atomic E-state index is 13.4. The molecule has 0 bridgehead atoms. The zero-order valence-corrected chi connectivity index (χ0v) is 11.7. The molecule has 2 aromatic carbocycles. The van der Waals surface area contributed by atoms with Crippen LogP contribution in [0.1, 0.15) is 11.1 Å². The highest BCUT2D eigenvalue weighted by Crippen LogP contribution is 2.18. The molecule has 0 radical (unpaired) electrons. The third-order valence-corrected chi connectivity index (χ3v) is 4.38. The van der Waals surface area contributed by atoms with Gasteiger partial charge in [-0.1, -0.05) is 24.3 Å². The van der Waals surface area contributed by atoms with E-state index in [4.69, 9.17) is 5.11 Å². The van der Waals surface area contributed by atoms with Crippen molar-refractivity contribution >= 4 is 10.0 Å². The summed E-state index contributed by atoms with van der Waals surface area (Å²) in [6.45, 7) is -0.813. The van der Waals surface area contributed by atoms with Crippen molar-refractivity contribution in [1.82, 2.24) is 4.72 Å². The first-order valence-electron chi connectivity index (χ1n) is 6.06. The molecule has 0 spiro atoms. The second kappa shape index (κ2) is 6.30. The van der Waals surface area contributed by atoms with Gasteiger partial charge in [0.15, 0.2) is 0 Å². The summed E-state index contributed by atoms with van der Waals surface area (Å²) in [6.07, 6.45) is 0. The molecule has 0 aliphatic carbocycles. The molecule has 4 nitrogen and oxygen atoms in total. The molecule has 21 heavy (non-hydrogen) atoms. The molecule has 7 heteroatoms. The van der Waals surface area contributed by atoms with Crippen LogP contribution in [0.2, 0.25) is 0 Å². The summed E-state index contributed by atoms with van der Waals surface area (Å²) in [5.41, 5.74) is 0.237. The fourth-order valence-electron chi connectivity index (χ4n) is 1.80. The number of rotatable bonds is 5. The number of benzene rings is 2. The molecule has 2 aromatic rings. The highest BCUT2D eigenvalue weighted by atomic mass is 32.2. The molecule has 0 aliphatic heterocycles. The molecule has 0 saturated carbocycles. The maximum atomic E-state index is 13.4. The fourth-order valence-corrected chi connectivity index (χ4v) is 3.05. The second-order valence-corrected chi connectivity index (χ2v) is 6.06. The Morgan fingerprint density at radius 1 is 1.05 bits per heavy atom. The van der Waals surface area contributed by atoms with Crippen molar-refractivity contribution in [1.29, 1.82) is 0 Å². The number of hydrogen-bond acceptors (Lipinski definition) is 3. The van der Waals surface area contributed by atoms with Gasteiger partial charge in [-0.2, -0.15) is 0 Å². The summed E-state index contributed by atoms with van der Waals surface area (Å²) in [7, 11) is -4.06. The van der Waals surface area contributed by atoms with Crippen LogP contribution in [0.5, 0.6) is 0 Å². The second-order valence-electron chi connectivity index (χ2n) is 4.33. The van der Waals surface area contributed by atoms with E-state index in [2.05, 4.69) is 4.72 Å². The summed E-state index contributed by atoms with van der Waals surface area (Å²) in [5, 5.41) is 9.13. The van der Waals surface area contributed by atoms with Crippen LogP contribution in [0, 0.1) is 11.6 Å². The van der Waals surface area contributed by atoms with Crippen molar-refractivity contribution in [2.45, 2.75) is 18.0 Å². The van der Waals surface area contributed by atoms with E-state index in [-0.39, 0.29) is 22.6 Å². The van der Waals surface area contributed by atoms with Crippen LogP contribution in [-0.4, -0.2) is 13.5 Å². The molecule has 2 rings (SSSR count). The fraction of sp³-hybridized carbons (Fsp3) is 0.143. The molecule has 0 heterocycles. The van der Waals surface area contributed by atoms with Crippen molar-refractivity contribution < 1.29 is 22.3 Å². The summed E-state index contributed by atoms with van der Waals surface area (Å²) in [4.78, 5) is -0.360. The first kappa shape index (κ1) is 15.6. The van der Waals surface area contributed by atoms with Gasteiger partial charge >= 0.3 is 0 Å². The molecule has 0 saturated heterocycles. The van der Waals surface area contributed by atoms with Crippen LogP contribution in [0.15, 0.2) is 47.4 Å². The number of aliphatic hydroxyl groups excluding tert-OH is 1. The van der Waals surface area contributed by atoms with Crippen molar-refractivity contribution in [3.05, 3.63) is 65.2 Å². The Bertz CT molecular complexity index is 748. The molecule has 2 N–H and O–H groups in total. The van der Waals surface area contributed by atoms with Crippen LogP contribution in [-0.2, 0) is 23.2 Å². The Balaban J connectivity index is 2.27. The molecule has 0 aromatic heterocycles. The van der Waals surface area contributed by atoms with Gasteiger partial charge < -0.3 is 5.11 Å². The zero-order valence-electron chi connectivity index (χ0n) is 10.9. The van der Waals surface area contributed by atoms with Gasteiger partial charge in [-0.25, -0.2) is 21.9 Å². The maximum Gasteiger partial charge on any atom is 0.241 e. The Morgan fingerprint density at radius 3 is 2.43 bits per heavy atom. The number of nitrogens with one attached hydrogen (secondary N) is 1. The van der Waals surface area contributed by atoms with Crippen molar-refractivity contribution in [3.63, 3.8) is 0 Å². The van der Waals surface area contributed by atoms with Gasteiger partial charge in [0, 0.05) is 12.1 Å². The standard InChI is InChI=1S/C14H13F2NO3S/c15-12-6-5-11(9-18)14(7-12)21(19,20)17-8-10-3-1-2-4-13(10)16/h1-7,17-18H,8-9H2. The molecule has 0 fully saturated rings. The monoisotopic (exact) mass is 313 g/mol. The topological polar surface area (TPSA) is 66.4 Å². The molecular formula is C14H13F2NO3S. The molecule has 0 unspecified atom stereocenters. The van der Waals surface area contributed by atoms with E-state index < -0.39 is 28.3 Å². The van der Waals surface area contributed by atoms with Gasteiger partial charge in [0.05, 0.1) is 11.5 Å². The summed E-state index contributed by atoms with van der Waals surface area (Å²) < 4.78 is 53.1. The predicted octanol–water partition coefficient (Wildman–Crippen LogP) is 1.94. The van der Waals surface area contributed by atoms with E-state index in [0.29, 0.717) is 0 Å². The van der Waals surface area contributed by atoms with E-state index in [1.165, 1.54) is 24.3 Å². The number of sulfonamides is 1. The van der Waals surface area contributed by atoms with E-state index in [9.17, 15) is 17.2 Å². The Labute approximate surface area is 121 Å². The first-order chi connectivity index (χ1) is 9.94. The summed E-state index contributed by atoms with van der Waals surface area (Å²) in [6, 6.07) is 8.78. The van der Waals surface area contributed by atoms with Crippen LogP contribution < -0.4 is 4.72 Å². The Morgan fingerprint density at radius 2 is 1.76 bits per heavy atom. The van der Waals surface area contributed by atoms with Gasteiger partial charge in [-0.05, 0) is 23.8 Å². The van der Waals surface area contributed by atoms with E-state index >= 15 is 0 Å². The average Bonchev–Trinajstić information content (AvgIpc) is 2.46. The SMILES string of the molecule is O=S(=O)(NCc1ccccc1F)c1cc(F)ccc1CO. The Hall–Kier alpha value is -1.83. The minimum atomic E-state index is -4.06. The quantitative estimate of drug-likeness (QED) is 0.886. The van der Waals surface area contributed by atoms with Gasteiger partial charge in [0.1, 0.15) is 11.6 Å². The van der Waals surface area contributed by atoms with Crippen LogP contribution >= 0.6 is 0 Å². The average molecular weight is 313 g/mol. The summed E-state index contributed by atoms with van der Waals surface area (Å²) in [5.74, 6) is -1.28. The van der Waals surface area contributed by atoms with Crippen LogP contribution in [0.3, 0.4) is 0 Å².